The van der Waals surface area contributed by atoms with Crippen LogP contribution in [0.3, 0.4) is 0 Å². The number of aryl methyl sites for hydroxylation is 2. The van der Waals surface area contributed by atoms with E-state index < -0.39 is 0 Å². The number of amides is 1. The molecule has 0 fully saturated rings. The van der Waals surface area contributed by atoms with Gasteiger partial charge in [0, 0.05) is 12.6 Å². The molecule has 1 amide bonds. The smallest absolute Gasteiger partial charge is 0.291 e. The Morgan fingerprint density at radius 3 is 2.31 bits per heavy atom. The summed E-state index contributed by atoms with van der Waals surface area (Å²) < 4.78 is 10.4. The molecule has 0 spiro atoms. The van der Waals surface area contributed by atoms with Gasteiger partial charge in [0.15, 0.2) is 17.3 Å². The number of nitrogens with one attached hydrogen (secondary N) is 1. The molecule has 0 atom stereocenters. The van der Waals surface area contributed by atoms with Gasteiger partial charge in [-0.25, -0.2) is 0 Å². The van der Waals surface area contributed by atoms with Crippen molar-refractivity contribution in [3.8, 4) is 0 Å². The number of benzene rings is 2. The van der Waals surface area contributed by atoms with Crippen LogP contribution in [0.4, 0.5) is 11.4 Å². The number of furan rings is 2. The topological polar surface area (TPSA) is 84.8 Å². The lowest BCUT2D eigenvalue weighted by atomic mass is 10.0. The van der Waals surface area contributed by atoms with Gasteiger partial charge in [-0.2, -0.15) is 0 Å². The van der Waals surface area contributed by atoms with Gasteiger partial charge in [-0.1, -0.05) is 36.4 Å². The van der Waals surface area contributed by atoms with Crippen LogP contribution >= 0.6 is 0 Å². The molecule has 2 heterocycles. The normalized spacial score (nSPS) is 11.1. The number of hydrogen-bond acceptors (Lipinski definition) is 5. The Kier molecular flexibility index (Phi) is 8.43. The molecule has 0 aliphatic rings. The van der Waals surface area contributed by atoms with E-state index in [9.17, 15) is 9.59 Å². The van der Waals surface area contributed by atoms with Crippen LogP contribution in [0.15, 0.2) is 99.1 Å². The van der Waals surface area contributed by atoms with Gasteiger partial charge < -0.3 is 14.2 Å². The Labute approximate surface area is 204 Å². The monoisotopic (exact) mass is 468 g/mol. The first kappa shape index (κ1) is 24.0. The molecule has 0 aliphatic carbocycles. The average molecular weight is 469 g/mol. The number of rotatable bonds is 12. The van der Waals surface area contributed by atoms with Gasteiger partial charge in [-0.3, -0.25) is 14.6 Å². The highest BCUT2D eigenvalue weighted by molar-refractivity contribution is 6.04. The number of hydrogen-bond donors (Lipinski definition) is 1. The van der Waals surface area contributed by atoms with Crippen molar-refractivity contribution in [3.63, 3.8) is 0 Å². The third-order valence-corrected chi connectivity index (χ3v) is 5.60. The number of carbonyl (C=O) groups is 2. The van der Waals surface area contributed by atoms with E-state index in [1.807, 2.05) is 42.6 Å². The van der Waals surface area contributed by atoms with E-state index in [0.717, 1.165) is 37.7 Å². The molecular formula is C29H28N2O4. The van der Waals surface area contributed by atoms with Crippen LogP contribution in [-0.4, -0.2) is 17.9 Å². The first-order valence-corrected chi connectivity index (χ1v) is 11.8. The van der Waals surface area contributed by atoms with Crippen molar-refractivity contribution in [2.45, 2.75) is 38.5 Å². The van der Waals surface area contributed by atoms with Gasteiger partial charge >= 0.3 is 0 Å². The van der Waals surface area contributed by atoms with Crippen LogP contribution in [-0.2, 0) is 12.8 Å². The van der Waals surface area contributed by atoms with Gasteiger partial charge in [0.2, 0.25) is 0 Å². The summed E-state index contributed by atoms with van der Waals surface area (Å²) in [6.07, 6.45) is 9.38. The molecule has 35 heavy (non-hydrogen) atoms. The molecule has 6 nitrogen and oxygen atoms in total. The number of unbranched alkanes of at least 4 members (excludes halogenated alkanes) is 1. The molecule has 0 saturated carbocycles. The summed E-state index contributed by atoms with van der Waals surface area (Å²) in [6.45, 7) is 0. The zero-order valence-corrected chi connectivity index (χ0v) is 19.5. The van der Waals surface area contributed by atoms with Crippen molar-refractivity contribution in [1.82, 2.24) is 0 Å². The molecule has 6 heteroatoms. The second kappa shape index (κ2) is 12.3. The van der Waals surface area contributed by atoms with Crippen LogP contribution in [0, 0.1) is 0 Å². The highest BCUT2D eigenvalue weighted by Crippen LogP contribution is 2.28. The summed E-state index contributed by atoms with van der Waals surface area (Å²) in [6, 6.07) is 22.8. The van der Waals surface area contributed by atoms with Gasteiger partial charge in [0.25, 0.3) is 5.91 Å². The predicted octanol–water partition coefficient (Wildman–Crippen LogP) is 7.06. The predicted molar refractivity (Wildman–Crippen MR) is 137 cm³/mol. The SMILES string of the molecule is O=C(CCCCc1ccc(N=CCCc2ccccc2)c(NC(=O)c2ccco2)c1)c1ccco1. The zero-order chi connectivity index (χ0) is 24.3. The van der Waals surface area contributed by atoms with E-state index in [1.54, 1.807) is 24.3 Å². The number of anilines is 1. The lowest BCUT2D eigenvalue weighted by Crippen LogP contribution is -2.11. The van der Waals surface area contributed by atoms with Crippen LogP contribution < -0.4 is 5.32 Å². The largest absolute Gasteiger partial charge is 0.461 e. The summed E-state index contributed by atoms with van der Waals surface area (Å²) in [5, 5.41) is 2.93. The van der Waals surface area contributed by atoms with Crippen molar-refractivity contribution in [3.05, 3.63) is 108 Å². The summed E-state index contributed by atoms with van der Waals surface area (Å²) in [4.78, 5) is 29.3. The quantitative estimate of drug-likeness (QED) is 0.137. The van der Waals surface area contributed by atoms with Crippen molar-refractivity contribution >= 4 is 29.3 Å². The second-order valence-corrected chi connectivity index (χ2v) is 8.23. The van der Waals surface area contributed by atoms with Crippen LogP contribution in [0.25, 0.3) is 0 Å². The van der Waals surface area contributed by atoms with Crippen LogP contribution in [0.1, 0.15) is 57.9 Å². The second-order valence-electron chi connectivity index (χ2n) is 8.23. The van der Waals surface area contributed by atoms with Crippen LogP contribution in [0.2, 0.25) is 0 Å². The molecule has 1 N–H and O–H groups in total. The van der Waals surface area contributed by atoms with Crippen molar-refractivity contribution in [2.24, 2.45) is 4.99 Å². The molecule has 178 valence electrons. The minimum Gasteiger partial charge on any atom is -0.461 e. The zero-order valence-electron chi connectivity index (χ0n) is 19.5. The Morgan fingerprint density at radius 2 is 1.57 bits per heavy atom. The summed E-state index contributed by atoms with van der Waals surface area (Å²) in [5.74, 6) is 0.340. The fourth-order valence-corrected chi connectivity index (χ4v) is 3.76. The Bertz CT molecular complexity index is 1240. The van der Waals surface area contributed by atoms with E-state index in [2.05, 4.69) is 22.4 Å². The summed E-state index contributed by atoms with van der Waals surface area (Å²) in [5.41, 5.74) is 3.64. The van der Waals surface area contributed by atoms with E-state index >= 15 is 0 Å². The molecule has 4 rings (SSSR count). The number of nitrogens with zero attached hydrogens (tertiary/aromatic N) is 1. The molecule has 2 aromatic heterocycles. The van der Waals surface area contributed by atoms with Gasteiger partial charge in [-0.05, 0) is 79.6 Å². The number of carbonyl (C=O) groups excluding carboxylic acids is 2. The highest BCUT2D eigenvalue weighted by atomic mass is 16.3. The van der Waals surface area contributed by atoms with Crippen molar-refractivity contribution < 1.29 is 18.4 Å². The molecule has 4 aromatic rings. The minimum atomic E-state index is -0.322. The number of aliphatic imine (C=N–C) groups is 1. The molecule has 0 unspecified atom stereocenters. The maximum Gasteiger partial charge on any atom is 0.291 e. The Balaban J connectivity index is 1.38. The number of Topliss-reactive ketones (excluding diaryl/α,β-unsaturated/α-hetero) is 1. The standard InChI is InChI=1S/C29H28N2O4/c32-26(27-14-7-19-34-27)13-5-4-11-23-16-17-24(30-18-6-12-22-9-2-1-3-10-22)25(21-23)31-29(33)28-15-8-20-35-28/h1-3,7-10,14-21H,4-6,11-13H2,(H,31,33). The van der Waals surface area contributed by atoms with E-state index in [-0.39, 0.29) is 17.5 Å². The van der Waals surface area contributed by atoms with Gasteiger partial charge in [0.1, 0.15) is 0 Å². The number of ketones is 1. The maximum atomic E-state index is 12.6. The molecule has 0 aliphatic heterocycles. The summed E-state index contributed by atoms with van der Waals surface area (Å²) in [7, 11) is 0. The van der Waals surface area contributed by atoms with Crippen LogP contribution in [0.5, 0.6) is 0 Å². The molecule has 0 radical (unpaired) electrons. The highest BCUT2D eigenvalue weighted by Gasteiger charge is 2.13. The van der Waals surface area contributed by atoms with E-state index in [0.29, 0.717) is 23.6 Å². The molecule has 0 saturated heterocycles. The fraction of sp³-hybridized carbons (Fsp3) is 0.207. The maximum absolute atomic E-state index is 12.6. The first-order chi connectivity index (χ1) is 17.2. The van der Waals surface area contributed by atoms with Gasteiger partial charge in [0.05, 0.1) is 23.9 Å². The fourth-order valence-electron chi connectivity index (χ4n) is 3.76. The molecule has 2 aromatic carbocycles. The van der Waals surface area contributed by atoms with E-state index in [4.69, 9.17) is 8.83 Å². The Hall–Kier alpha value is -4.19. The third-order valence-electron chi connectivity index (χ3n) is 5.60. The van der Waals surface area contributed by atoms with E-state index in [1.165, 1.54) is 18.1 Å². The lowest BCUT2D eigenvalue weighted by Gasteiger charge is -2.10. The Morgan fingerprint density at radius 1 is 0.800 bits per heavy atom. The van der Waals surface area contributed by atoms with Crippen molar-refractivity contribution in [1.29, 1.82) is 0 Å². The summed E-state index contributed by atoms with van der Waals surface area (Å²) >= 11 is 0. The average Bonchev–Trinajstić information content (AvgIpc) is 3.61. The molecule has 0 bridgehead atoms. The lowest BCUT2D eigenvalue weighted by molar-refractivity contribution is 0.0951. The molecular weight excluding hydrogens is 440 g/mol. The van der Waals surface area contributed by atoms with Crippen molar-refractivity contribution in [2.75, 3.05) is 5.32 Å². The first-order valence-electron chi connectivity index (χ1n) is 11.8. The van der Waals surface area contributed by atoms with Gasteiger partial charge in [-0.15, -0.1) is 0 Å². The third kappa shape index (κ3) is 7.14. The minimum absolute atomic E-state index is 0.0154.